The Balaban J connectivity index is 1.68. The lowest BCUT2D eigenvalue weighted by Crippen LogP contribution is -2.25. The van der Waals surface area contributed by atoms with Crippen LogP contribution in [0.5, 0.6) is 5.75 Å². The van der Waals surface area contributed by atoms with E-state index in [9.17, 15) is 4.79 Å². The number of amides is 1. The number of benzene rings is 2. The monoisotopic (exact) mass is 365 g/mol. The van der Waals surface area contributed by atoms with Crippen molar-refractivity contribution in [1.82, 2.24) is 25.5 Å². The smallest absolute Gasteiger partial charge is 0.251 e. The maximum atomic E-state index is 12.5. The minimum atomic E-state index is -0.129. The van der Waals surface area contributed by atoms with Crippen LogP contribution >= 0.6 is 0 Å². The van der Waals surface area contributed by atoms with Crippen LogP contribution in [0.25, 0.3) is 11.4 Å². The molecule has 7 nitrogen and oxygen atoms in total. The summed E-state index contributed by atoms with van der Waals surface area (Å²) in [5.74, 6) is 1.35. The molecule has 1 aromatic heterocycles. The number of aromatic nitrogens is 4. The van der Waals surface area contributed by atoms with Gasteiger partial charge in [0.1, 0.15) is 5.75 Å². The van der Waals surface area contributed by atoms with Crippen LogP contribution in [0.1, 0.15) is 35.8 Å². The van der Waals surface area contributed by atoms with E-state index in [4.69, 9.17) is 4.74 Å². The molecule has 1 N–H and O–H groups in total. The van der Waals surface area contributed by atoms with Gasteiger partial charge in [-0.25, -0.2) is 4.68 Å². The fraction of sp³-hybridized carbons (Fsp3) is 0.300. The SMILES string of the molecule is COc1ccccc1CCNC(=O)c1cccc(-c2nnnn2C(C)C)c1. The Labute approximate surface area is 158 Å². The zero-order valence-corrected chi connectivity index (χ0v) is 15.7. The quantitative estimate of drug-likeness (QED) is 0.696. The first-order valence-electron chi connectivity index (χ1n) is 8.88. The average Bonchev–Trinajstić information content (AvgIpc) is 3.18. The predicted molar refractivity (Wildman–Crippen MR) is 103 cm³/mol. The number of nitrogens with one attached hydrogen (secondary N) is 1. The van der Waals surface area contributed by atoms with E-state index in [1.54, 1.807) is 17.9 Å². The van der Waals surface area contributed by atoms with E-state index in [1.165, 1.54) is 0 Å². The van der Waals surface area contributed by atoms with E-state index >= 15 is 0 Å². The number of hydrogen-bond donors (Lipinski definition) is 1. The molecule has 0 aliphatic rings. The van der Waals surface area contributed by atoms with Crippen molar-refractivity contribution in [2.75, 3.05) is 13.7 Å². The van der Waals surface area contributed by atoms with Crippen LogP contribution in [-0.4, -0.2) is 39.8 Å². The molecule has 0 bridgehead atoms. The first-order valence-corrected chi connectivity index (χ1v) is 8.88. The largest absolute Gasteiger partial charge is 0.496 e. The van der Waals surface area contributed by atoms with Crippen molar-refractivity contribution in [2.24, 2.45) is 0 Å². The molecular weight excluding hydrogens is 342 g/mol. The Morgan fingerprint density at radius 1 is 1.19 bits per heavy atom. The third kappa shape index (κ3) is 4.31. The van der Waals surface area contributed by atoms with Crippen LogP contribution in [0.3, 0.4) is 0 Å². The van der Waals surface area contributed by atoms with E-state index in [-0.39, 0.29) is 11.9 Å². The lowest BCUT2D eigenvalue weighted by molar-refractivity contribution is 0.0954. The molecule has 0 fully saturated rings. The minimum absolute atomic E-state index is 0.129. The van der Waals surface area contributed by atoms with E-state index in [0.29, 0.717) is 24.4 Å². The molecule has 3 rings (SSSR count). The number of para-hydroxylation sites is 1. The van der Waals surface area contributed by atoms with Crippen LogP contribution in [-0.2, 0) is 6.42 Å². The normalized spacial score (nSPS) is 10.8. The zero-order chi connectivity index (χ0) is 19.2. The van der Waals surface area contributed by atoms with Crippen molar-refractivity contribution >= 4 is 5.91 Å². The van der Waals surface area contributed by atoms with Gasteiger partial charge in [0.25, 0.3) is 5.91 Å². The molecule has 0 saturated carbocycles. The highest BCUT2D eigenvalue weighted by atomic mass is 16.5. The molecule has 0 unspecified atom stereocenters. The minimum Gasteiger partial charge on any atom is -0.496 e. The molecule has 0 saturated heterocycles. The Morgan fingerprint density at radius 2 is 2.00 bits per heavy atom. The van der Waals surface area contributed by atoms with Gasteiger partial charge in [0.15, 0.2) is 5.82 Å². The first-order chi connectivity index (χ1) is 13.1. The number of carbonyl (C=O) groups is 1. The van der Waals surface area contributed by atoms with Gasteiger partial charge in [-0.1, -0.05) is 30.3 Å². The number of tetrazole rings is 1. The molecule has 3 aromatic rings. The van der Waals surface area contributed by atoms with Gasteiger partial charge < -0.3 is 10.1 Å². The van der Waals surface area contributed by atoms with Crippen LogP contribution in [0.15, 0.2) is 48.5 Å². The summed E-state index contributed by atoms with van der Waals surface area (Å²) in [6, 6.07) is 15.3. The Morgan fingerprint density at radius 3 is 2.78 bits per heavy atom. The Hall–Kier alpha value is -3.22. The lowest BCUT2D eigenvalue weighted by atomic mass is 10.1. The number of carbonyl (C=O) groups excluding carboxylic acids is 1. The van der Waals surface area contributed by atoms with E-state index in [2.05, 4.69) is 20.8 Å². The molecule has 27 heavy (non-hydrogen) atoms. The van der Waals surface area contributed by atoms with Gasteiger partial charge in [-0.3, -0.25) is 4.79 Å². The van der Waals surface area contributed by atoms with Gasteiger partial charge in [-0.05, 0) is 54.5 Å². The highest BCUT2D eigenvalue weighted by Gasteiger charge is 2.14. The summed E-state index contributed by atoms with van der Waals surface area (Å²) >= 11 is 0. The van der Waals surface area contributed by atoms with Gasteiger partial charge in [0.05, 0.1) is 13.2 Å². The van der Waals surface area contributed by atoms with Crippen LogP contribution < -0.4 is 10.1 Å². The van der Waals surface area contributed by atoms with Gasteiger partial charge in [-0.15, -0.1) is 5.10 Å². The molecule has 7 heteroatoms. The van der Waals surface area contributed by atoms with Gasteiger partial charge in [-0.2, -0.15) is 0 Å². The number of nitrogens with zero attached hydrogens (tertiary/aromatic N) is 4. The zero-order valence-electron chi connectivity index (χ0n) is 15.7. The standard InChI is InChI=1S/C20H23N5O2/c1-14(2)25-19(22-23-24-25)16-8-6-9-17(13-16)20(26)21-12-11-15-7-4-5-10-18(15)27-3/h4-10,13-14H,11-12H2,1-3H3,(H,21,26). The summed E-state index contributed by atoms with van der Waals surface area (Å²) in [7, 11) is 1.65. The van der Waals surface area contributed by atoms with Crippen molar-refractivity contribution in [2.45, 2.75) is 26.3 Å². The topological polar surface area (TPSA) is 81.9 Å². The Bertz CT molecular complexity index is 920. The molecule has 2 aromatic carbocycles. The maximum Gasteiger partial charge on any atom is 0.251 e. The van der Waals surface area contributed by atoms with Gasteiger partial charge in [0.2, 0.25) is 0 Å². The van der Waals surface area contributed by atoms with E-state index in [1.807, 2.05) is 56.3 Å². The van der Waals surface area contributed by atoms with Crippen molar-refractivity contribution in [1.29, 1.82) is 0 Å². The van der Waals surface area contributed by atoms with Crippen molar-refractivity contribution in [3.63, 3.8) is 0 Å². The summed E-state index contributed by atoms with van der Waals surface area (Å²) in [5, 5.41) is 14.8. The summed E-state index contributed by atoms with van der Waals surface area (Å²) < 4.78 is 7.08. The van der Waals surface area contributed by atoms with Crippen molar-refractivity contribution < 1.29 is 9.53 Å². The van der Waals surface area contributed by atoms with Crippen molar-refractivity contribution in [3.8, 4) is 17.1 Å². The predicted octanol–water partition coefficient (Wildman–Crippen LogP) is 2.90. The average molecular weight is 365 g/mol. The van der Waals surface area contributed by atoms with E-state index < -0.39 is 0 Å². The number of rotatable bonds is 7. The molecular formula is C20H23N5O2. The van der Waals surface area contributed by atoms with Crippen LogP contribution in [0.4, 0.5) is 0 Å². The second kappa shape index (κ2) is 8.44. The van der Waals surface area contributed by atoms with Crippen LogP contribution in [0, 0.1) is 0 Å². The second-order valence-electron chi connectivity index (χ2n) is 6.44. The highest BCUT2D eigenvalue weighted by Crippen LogP contribution is 2.20. The molecule has 0 atom stereocenters. The molecule has 0 spiro atoms. The third-order valence-electron chi connectivity index (χ3n) is 4.24. The number of hydrogen-bond acceptors (Lipinski definition) is 5. The van der Waals surface area contributed by atoms with Gasteiger partial charge >= 0.3 is 0 Å². The first kappa shape index (κ1) is 18.6. The summed E-state index contributed by atoms with van der Waals surface area (Å²) in [5.41, 5.74) is 2.45. The molecule has 1 amide bonds. The molecule has 0 aliphatic carbocycles. The van der Waals surface area contributed by atoms with E-state index in [0.717, 1.165) is 16.9 Å². The number of ether oxygens (including phenoxy) is 1. The summed E-state index contributed by atoms with van der Waals surface area (Å²) in [6.45, 7) is 4.54. The fourth-order valence-electron chi connectivity index (χ4n) is 2.85. The van der Waals surface area contributed by atoms with Gasteiger partial charge in [0, 0.05) is 17.7 Å². The summed E-state index contributed by atoms with van der Waals surface area (Å²) in [4.78, 5) is 12.5. The molecule has 1 heterocycles. The molecule has 140 valence electrons. The highest BCUT2D eigenvalue weighted by molar-refractivity contribution is 5.95. The van der Waals surface area contributed by atoms with Crippen LogP contribution in [0.2, 0.25) is 0 Å². The molecule has 0 radical (unpaired) electrons. The van der Waals surface area contributed by atoms with Crippen molar-refractivity contribution in [3.05, 3.63) is 59.7 Å². The maximum absolute atomic E-state index is 12.5. The second-order valence-corrected chi connectivity index (χ2v) is 6.44. The third-order valence-corrected chi connectivity index (χ3v) is 4.24. The lowest BCUT2D eigenvalue weighted by Gasteiger charge is -2.10. The Kier molecular flexibility index (Phi) is 5.80. The number of methoxy groups -OCH3 is 1. The summed E-state index contributed by atoms with van der Waals surface area (Å²) in [6.07, 6.45) is 0.695. The fourth-order valence-corrected chi connectivity index (χ4v) is 2.85. The molecule has 0 aliphatic heterocycles.